The fourth-order valence-corrected chi connectivity index (χ4v) is 5.53. The minimum atomic E-state index is -4.45. The molecule has 2 fully saturated rings. The molecule has 5 atom stereocenters. The standard InChI is InChI=1S/C19H32N3O7P/c1-17(2,3)11-19-8-10-26-13(14(19)28-30(24,25)29-18(4,5)6)15(27-19)22-9-7-12(20)21-16(22)23/h7,9,13-15H,8,10-11H2,1-6H3,(H,24,25)(H2,20,21,23)/t13-,14?,15+,19+/m0/s1. The van der Waals surface area contributed by atoms with E-state index in [-0.39, 0.29) is 11.2 Å². The first-order chi connectivity index (χ1) is 13.6. The van der Waals surface area contributed by atoms with Crippen molar-refractivity contribution in [3.8, 4) is 0 Å². The fourth-order valence-electron chi connectivity index (χ4n) is 4.19. The molecular weight excluding hydrogens is 413 g/mol. The van der Waals surface area contributed by atoms with Crippen molar-refractivity contribution in [3.05, 3.63) is 22.7 Å². The number of fused-ring (bicyclic) bond motifs is 2. The van der Waals surface area contributed by atoms with Crippen LogP contribution in [0.2, 0.25) is 0 Å². The zero-order chi connectivity index (χ0) is 22.5. The SMILES string of the molecule is CC(C)(C)C[C@]12CCO[C@@H](C1OP(=O)(O)OC(C)(C)C)[C@H](n1ccc(N)nc1=O)O2. The van der Waals surface area contributed by atoms with E-state index in [1.165, 1.54) is 16.8 Å². The number of nitrogens with zero attached hydrogens (tertiary/aromatic N) is 2. The van der Waals surface area contributed by atoms with Crippen molar-refractivity contribution in [1.29, 1.82) is 0 Å². The van der Waals surface area contributed by atoms with Gasteiger partial charge in [-0.05, 0) is 38.7 Å². The number of phosphoric acid groups is 1. The lowest BCUT2D eigenvalue weighted by molar-refractivity contribution is -0.138. The highest BCUT2D eigenvalue weighted by molar-refractivity contribution is 7.47. The first-order valence-corrected chi connectivity index (χ1v) is 11.5. The molecule has 2 aliphatic rings. The molecule has 11 heteroatoms. The molecule has 3 heterocycles. The summed E-state index contributed by atoms with van der Waals surface area (Å²) in [6.07, 6.45) is -0.158. The van der Waals surface area contributed by atoms with Gasteiger partial charge < -0.3 is 20.1 Å². The fraction of sp³-hybridized carbons (Fsp3) is 0.789. The van der Waals surface area contributed by atoms with Gasteiger partial charge in [0.05, 0.1) is 12.2 Å². The highest BCUT2D eigenvalue weighted by Gasteiger charge is 2.62. The molecule has 10 nitrogen and oxygen atoms in total. The summed E-state index contributed by atoms with van der Waals surface area (Å²) in [4.78, 5) is 26.6. The van der Waals surface area contributed by atoms with Gasteiger partial charge in [0.25, 0.3) is 0 Å². The van der Waals surface area contributed by atoms with Crippen LogP contribution in [0, 0.1) is 5.41 Å². The van der Waals surface area contributed by atoms with Gasteiger partial charge in [0.1, 0.15) is 23.6 Å². The zero-order valence-electron chi connectivity index (χ0n) is 18.3. The Morgan fingerprint density at radius 1 is 1.37 bits per heavy atom. The molecule has 1 aromatic rings. The highest BCUT2D eigenvalue weighted by atomic mass is 31.2. The summed E-state index contributed by atoms with van der Waals surface area (Å²) in [5, 5.41) is 0. The predicted octanol–water partition coefficient (Wildman–Crippen LogP) is 2.62. The Labute approximate surface area is 176 Å². The van der Waals surface area contributed by atoms with Crippen molar-refractivity contribution in [1.82, 2.24) is 9.55 Å². The predicted molar refractivity (Wildman–Crippen MR) is 110 cm³/mol. The maximum absolute atomic E-state index is 12.8. The van der Waals surface area contributed by atoms with Gasteiger partial charge in [0.15, 0.2) is 6.23 Å². The summed E-state index contributed by atoms with van der Waals surface area (Å²) in [6.45, 7) is 11.5. The lowest BCUT2D eigenvalue weighted by Crippen LogP contribution is -2.52. The van der Waals surface area contributed by atoms with Crippen LogP contribution in [0.3, 0.4) is 0 Å². The van der Waals surface area contributed by atoms with Gasteiger partial charge in [0.2, 0.25) is 0 Å². The summed E-state index contributed by atoms with van der Waals surface area (Å²) < 4.78 is 37.3. The molecule has 0 aromatic carbocycles. The van der Waals surface area contributed by atoms with E-state index in [1.807, 2.05) is 20.8 Å². The summed E-state index contributed by atoms with van der Waals surface area (Å²) in [6, 6.07) is 1.49. The van der Waals surface area contributed by atoms with Gasteiger partial charge >= 0.3 is 13.5 Å². The number of nitrogen functional groups attached to an aromatic ring is 1. The van der Waals surface area contributed by atoms with Crippen molar-refractivity contribution in [2.45, 2.75) is 84.0 Å². The second kappa shape index (κ2) is 7.69. The van der Waals surface area contributed by atoms with Gasteiger partial charge in [0, 0.05) is 12.6 Å². The molecule has 2 bridgehead atoms. The quantitative estimate of drug-likeness (QED) is 0.656. The molecule has 2 unspecified atom stereocenters. The summed E-state index contributed by atoms with van der Waals surface area (Å²) in [5.74, 6) is 0.0915. The van der Waals surface area contributed by atoms with Crippen molar-refractivity contribution < 1.29 is 28.0 Å². The number of hydrogen-bond acceptors (Lipinski definition) is 8. The van der Waals surface area contributed by atoms with Gasteiger partial charge in [-0.2, -0.15) is 4.98 Å². The molecule has 0 amide bonds. The molecule has 2 aliphatic heterocycles. The zero-order valence-corrected chi connectivity index (χ0v) is 19.2. The average Bonchev–Trinajstić information content (AvgIpc) is 2.67. The Morgan fingerprint density at radius 3 is 2.60 bits per heavy atom. The number of ether oxygens (including phenoxy) is 2. The number of phosphoric ester groups is 1. The lowest BCUT2D eigenvalue weighted by Gasteiger charge is -2.42. The Bertz CT molecular complexity index is 891. The van der Waals surface area contributed by atoms with Crippen LogP contribution in [-0.2, 0) is 23.1 Å². The Balaban J connectivity index is 2.01. The number of hydrogen-bond donors (Lipinski definition) is 2. The third-order valence-electron chi connectivity index (χ3n) is 4.88. The van der Waals surface area contributed by atoms with Crippen molar-refractivity contribution >= 4 is 13.6 Å². The second-order valence-electron chi connectivity index (χ2n) is 10.1. The van der Waals surface area contributed by atoms with Gasteiger partial charge in [-0.15, -0.1) is 0 Å². The van der Waals surface area contributed by atoms with Crippen LogP contribution in [0.4, 0.5) is 5.82 Å². The molecule has 0 saturated carbocycles. The van der Waals surface area contributed by atoms with E-state index in [2.05, 4.69) is 4.98 Å². The summed E-state index contributed by atoms with van der Waals surface area (Å²) in [7, 11) is -4.45. The Hall–Kier alpha value is -1.29. The molecule has 2 saturated heterocycles. The van der Waals surface area contributed by atoms with E-state index in [0.29, 0.717) is 19.4 Å². The van der Waals surface area contributed by atoms with E-state index in [1.54, 1.807) is 20.8 Å². The molecule has 0 spiro atoms. The van der Waals surface area contributed by atoms with Crippen LogP contribution in [0.1, 0.15) is 60.6 Å². The smallest absolute Gasteiger partial charge is 0.383 e. The van der Waals surface area contributed by atoms with Crippen LogP contribution in [0.25, 0.3) is 0 Å². The highest BCUT2D eigenvalue weighted by Crippen LogP contribution is 2.57. The van der Waals surface area contributed by atoms with E-state index in [9.17, 15) is 14.3 Å². The van der Waals surface area contributed by atoms with Gasteiger partial charge in [-0.25, -0.2) is 9.36 Å². The van der Waals surface area contributed by atoms with Crippen molar-refractivity contribution in [2.24, 2.45) is 5.41 Å². The number of rotatable bonds is 5. The number of aromatic nitrogens is 2. The van der Waals surface area contributed by atoms with Crippen LogP contribution >= 0.6 is 7.82 Å². The third-order valence-corrected chi connectivity index (χ3v) is 6.15. The van der Waals surface area contributed by atoms with Crippen LogP contribution in [0.15, 0.2) is 17.1 Å². The van der Waals surface area contributed by atoms with E-state index in [0.717, 1.165) is 0 Å². The van der Waals surface area contributed by atoms with Gasteiger partial charge in [-0.3, -0.25) is 13.6 Å². The number of nitrogens with two attached hydrogens (primary N) is 1. The Morgan fingerprint density at radius 2 is 2.03 bits per heavy atom. The minimum absolute atomic E-state index is 0.0915. The Kier molecular flexibility index (Phi) is 5.99. The van der Waals surface area contributed by atoms with E-state index in [4.69, 9.17) is 24.3 Å². The topological polar surface area (TPSA) is 135 Å². The van der Waals surface area contributed by atoms with Crippen LogP contribution in [0.5, 0.6) is 0 Å². The monoisotopic (exact) mass is 445 g/mol. The maximum atomic E-state index is 12.8. The third kappa shape index (κ3) is 5.12. The normalized spacial score (nSPS) is 31.5. The minimum Gasteiger partial charge on any atom is -0.383 e. The molecule has 3 rings (SSSR count). The van der Waals surface area contributed by atoms with Gasteiger partial charge in [-0.1, -0.05) is 20.8 Å². The molecule has 30 heavy (non-hydrogen) atoms. The summed E-state index contributed by atoms with van der Waals surface area (Å²) >= 11 is 0. The van der Waals surface area contributed by atoms with Crippen molar-refractivity contribution in [2.75, 3.05) is 12.3 Å². The first kappa shape index (κ1) is 23.4. The molecular formula is C19H32N3O7P. The first-order valence-electron chi connectivity index (χ1n) is 9.97. The van der Waals surface area contributed by atoms with E-state index >= 15 is 0 Å². The summed E-state index contributed by atoms with van der Waals surface area (Å²) in [5.41, 5.74) is 2.99. The van der Waals surface area contributed by atoms with E-state index < -0.39 is 43.2 Å². The van der Waals surface area contributed by atoms with Crippen LogP contribution < -0.4 is 11.4 Å². The molecule has 3 N–H and O–H groups in total. The molecule has 1 aromatic heterocycles. The van der Waals surface area contributed by atoms with Crippen LogP contribution in [-0.4, -0.2) is 44.5 Å². The molecule has 0 radical (unpaired) electrons. The average molecular weight is 445 g/mol. The lowest BCUT2D eigenvalue weighted by atomic mass is 9.76. The molecule has 0 aliphatic carbocycles. The largest absolute Gasteiger partial charge is 0.473 e. The molecule has 170 valence electrons. The van der Waals surface area contributed by atoms with Crippen molar-refractivity contribution in [3.63, 3.8) is 0 Å². The number of anilines is 1. The second-order valence-corrected chi connectivity index (χ2v) is 11.5. The maximum Gasteiger partial charge on any atom is 0.473 e.